The molecule has 1 aromatic rings. The lowest BCUT2D eigenvalue weighted by atomic mass is 10.1. The molecule has 0 fully saturated rings. The van der Waals surface area contributed by atoms with Crippen LogP contribution in [0.1, 0.15) is 28.0 Å². The number of nitrogens with zero attached hydrogens (tertiary/aromatic N) is 2. The Kier molecular flexibility index (Phi) is 3.35. The molecule has 84 valence electrons. The van der Waals surface area contributed by atoms with Gasteiger partial charge in [-0.2, -0.15) is 5.26 Å². The van der Waals surface area contributed by atoms with Gasteiger partial charge in [-0.3, -0.25) is 4.79 Å². The number of ether oxygens (including phenoxy) is 1. The molecule has 1 amide bonds. The maximum absolute atomic E-state index is 12.7. The molecule has 1 aromatic heterocycles. The van der Waals surface area contributed by atoms with Gasteiger partial charge < -0.3 is 10.5 Å². The van der Waals surface area contributed by atoms with Gasteiger partial charge in [0.2, 0.25) is 0 Å². The van der Waals surface area contributed by atoms with E-state index in [1.54, 1.807) is 0 Å². The number of primary amides is 1. The minimum atomic E-state index is -2.98. The first-order chi connectivity index (χ1) is 7.52. The predicted molar refractivity (Wildman–Crippen MR) is 49.0 cm³/mol. The quantitative estimate of drug-likeness (QED) is 0.834. The molecule has 0 aliphatic heterocycles. The Morgan fingerprint density at radius 2 is 2.31 bits per heavy atom. The van der Waals surface area contributed by atoms with Crippen LogP contribution in [0.25, 0.3) is 0 Å². The molecule has 16 heavy (non-hydrogen) atoms. The molecule has 0 aromatic carbocycles. The highest BCUT2D eigenvalue weighted by molar-refractivity contribution is 5.96. The summed E-state index contributed by atoms with van der Waals surface area (Å²) in [7, 11) is 1.11. The zero-order valence-corrected chi connectivity index (χ0v) is 8.20. The monoisotopic (exact) mass is 227 g/mol. The van der Waals surface area contributed by atoms with E-state index < -0.39 is 29.3 Å². The Labute approximate surface area is 89.4 Å². The maximum Gasteiger partial charge on any atom is 0.270 e. The topological polar surface area (TPSA) is 89.0 Å². The third-order valence-electron chi connectivity index (χ3n) is 1.86. The van der Waals surface area contributed by atoms with Crippen molar-refractivity contribution >= 4 is 5.91 Å². The standard InChI is InChI=1S/C9H7F2N3O2/c1-16-7-4(9(13)15)3-14-5(2-12)6(7)8(10)11/h3,8H,1H3,(H2,13,15). The van der Waals surface area contributed by atoms with Gasteiger partial charge in [-0.1, -0.05) is 0 Å². The van der Waals surface area contributed by atoms with Crippen molar-refractivity contribution in [1.29, 1.82) is 5.26 Å². The molecule has 0 saturated heterocycles. The number of hydrogen-bond acceptors (Lipinski definition) is 4. The van der Waals surface area contributed by atoms with Gasteiger partial charge in [-0.05, 0) is 0 Å². The number of aromatic nitrogens is 1. The van der Waals surface area contributed by atoms with Crippen LogP contribution in [0.15, 0.2) is 6.20 Å². The van der Waals surface area contributed by atoms with Gasteiger partial charge >= 0.3 is 0 Å². The molecule has 0 atom stereocenters. The Hall–Kier alpha value is -2.23. The lowest BCUT2D eigenvalue weighted by molar-refractivity contribution is 0.0995. The molecule has 0 radical (unpaired) electrons. The number of hydrogen-bond donors (Lipinski definition) is 1. The van der Waals surface area contributed by atoms with E-state index in [0.717, 1.165) is 13.3 Å². The third kappa shape index (κ3) is 1.91. The zero-order valence-electron chi connectivity index (χ0n) is 8.20. The third-order valence-corrected chi connectivity index (χ3v) is 1.86. The highest BCUT2D eigenvalue weighted by Gasteiger charge is 2.25. The second-order valence-electron chi connectivity index (χ2n) is 2.74. The average Bonchev–Trinajstić information content (AvgIpc) is 2.26. The van der Waals surface area contributed by atoms with Crippen LogP contribution in [0.2, 0.25) is 0 Å². The SMILES string of the molecule is COc1c(C(N)=O)cnc(C#N)c1C(F)F. The minimum Gasteiger partial charge on any atom is -0.495 e. The van der Waals surface area contributed by atoms with Gasteiger partial charge in [0.25, 0.3) is 12.3 Å². The highest BCUT2D eigenvalue weighted by Crippen LogP contribution is 2.33. The molecule has 2 N–H and O–H groups in total. The fourth-order valence-electron chi connectivity index (χ4n) is 1.20. The summed E-state index contributed by atoms with van der Waals surface area (Å²) in [6.45, 7) is 0. The molecular formula is C9H7F2N3O2. The van der Waals surface area contributed by atoms with Gasteiger partial charge in [0.05, 0.1) is 18.2 Å². The summed E-state index contributed by atoms with van der Waals surface area (Å²) in [5, 5.41) is 8.60. The fraction of sp³-hybridized carbons (Fsp3) is 0.222. The van der Waals surface area contributed by atoms with Crippen molar-refractivity contribution in [2.24, 2.45) is 5.73 Å². The number of rotatable bonds is 3. The van der Waals surface area contributed by atoms with E-state index in [9.17, 15) is 13.6 Å². The van der Waals surface area contributed by atoms with Crippen LogP contribution < -0.4 is 10.5 Å². The second kappa shape index (κ2) is 4.53. The van der Waals surface area contributed by atoms with Crippen LogP contribution in [-0.4, -0.2) is 18.0 Å². The number of carbonyl (C=O) groups is 1. The highest BCUT2D eigenvalue weighted by atomic mass is 19.3. The maximum atomic E-state index is 12.7. The first-order valence-electron chi connectivity index (χ1n) is 4.07. The van der Waals surface area contributed by atoms with E-state index in [0.29, 0.717) is 0 Å². The summed E-state index contributed by atoms with van der Waals surface area (Å²) in [5.41, 5.74) is 3.47. The summed E-state index contributed by atoms with van der Waals surface area (Å²) in [6, 6.07) is 1.49. The van der Waals surface area contributed by atoms with Crippen LogP contribution in [0.5, 0.6) is 5.75 Å². The Balaban J connectivity index is 3.57. The lowest BCUT2D eigenvalue weighted by Crippen LogP contribution is -2.15. The van der Waals surface area contributed by atoms with E-state index in [1.807, 2.05) is 0 Å². The van der Waals surface area contributed by atoms with Crippen molar-refractivity contribution in [2.45, 2.75) is 6.43 Å². The number of amides is 1. The number of carbonyl (C=O) groups excluding carboxylic acids is 1. The van der Waals surface area contributed by atoms with E-state index in [2.05, 4.69) is 9.72 Å². The fourth-order valence-corrected chi connectivity index (χ4v) is 1.20. The summed E-state index contributed by atoms with van der Waals surface area (Å²) in [6.07, 6.45) is -2.04. The average molecular weight is 227 g/mol. The van der Waals surface area contributed by atoms with Gasteiger partial charge in [-0.15, -0.1) is 0 Å². The first kappa shape index (κ1) is 11.8. The smallest absolute Gasteiger partial charge is 0.270 e. The molecular weight excluding hydrogens is 220 g/mol. The number of alkyl halides is 2. The molecule has 7 heteroatoms. The van der Waals surface area contributed by atoms with E-state index in [4.69, 9.17) is 11.0 Å². The second-order valence-corrected chi connectivity index (χ2v) is 2.74. The summed E-state index contributed by atoms with van der Waals surface area (Å²) in [5.74, 6) is -1.36. The van der Waals surface area contributed by atoms with Gasteiger partial charge in [0.15, 0.2) is 5.69 Å². The summed E-state index contributed by atoms with van der Waals surface area (Å²) < 4.78 is 30.0. The van der Waals surface area contributed by atoms with Crippen molar-refractivity contribution in [2.75, 3.05) is 7.11 Å². The van der Waals surface area contributed by atoms with Gasteiger partial charge in [-0.25, -0.2) is 13.8 Å². The lowest BCUT2D eigenvalue weighted by Gasteiger charge is -2.11. The first-order valence-corrected chi connectivity index (χ1v) is 4.07. The summed E-state index contributed by atoms with van der Waals surface area (Å²) in [4.78, 5) is 14.4. The number of nitriles is 1. The van der Waals surface area contributed by atoms with Crippen LogP contribution in [-0.2, 0) is 0 Å². The molecule has 0 aliphatic rings. The Morgan fingerprint density at radius 3 is 2.69 bits per heavy atom. The summed E-state index contributed by atoms with van der Waals surface area (Å²) >= 11 is 0. The predicted octanol–water partition coefficient (Wildman–Crippen LogP) is 0.998. The number of pyridine rings is 1. The van der Waals surface area contributed by atoms with Crippen LogP contribution >= 0.6 is 0 Å². The molecule has 5 nitrogen and oxygen atoms in total. The normalized spacial score (nSPS) is 9.94. The van der Waals surface area contributed by atoms with Gasteiger partial charge in [0, 0.05) is 6.20 Å². The van der Waals surface area contributed by atoms with Crippen molar-refractivity contribution in [1.82, 2.24) is 4.98 Å². The molecule has 1 rings (SSSR count). The van der Waals surface area contributed by atoms with Crippen LogP contribution in [0, 0.1) is 11.3 Å². The number of nitrogens with two attached hydrogens (primary N) is 1. The molecule has 0 unspecified atom stereocenters. The van der Waals surface area contributed by atoms with Crippen LogP contribution in [0.4, 0.5) is 8.78 Å². The Bertz CT molecular complexity index is 469. The largest absolute Gasteiger partial charge is 0.495 e. The van der Waals surface area contributed by atoms with E-state index >= 15 is 0 Å². The molecule has 0 spiro atoms. The van der Waals surface area contributed by atoms with Crippen molar-refractivity contribution < 1.29 is 18.3 Å². The number of methoxy groups -OCH3 is 1. The van der Waals surface area contributed by atoms with Crippen molar-refractivity contribution in [3.8, 4) is 11.8 Å². The van der Waals surface area contributed by atoms with E-state index in [-0.39, 0.29) is 5.56 Å². The van der Waals surface area contributed by atoms with Crippen LogP contribution in [0.3, 0.4) is 0 Å². The van der Waals surface area contributed by atoms with Crippen molar-refractivity contribution in [3.05, 3.63) is 23.0 Å². The molecule has 1 heterocycles. The molecule has 0 saturated carbocycles. The number of halogens is 2. The molecule has 0 bridgehead atoms. The van der Waals surface area contributed by atoms with E-state index in [1.165, 1.54) is 6.07 Å². The zero-order chi connectivity index (χ0) is 12.3. The molecule has 0 aliphatic carbocycles. The minimum absolute atomic E-state index is 0.281. The van der Waals surface area contributed by atoms with Gasteiger partial charge in [0.1, 0.15) is 11.8 Å². The Morgan fingerprint density at radius 1 is 1.69 bits per heavy atom. The van der Waals surface area contributed by atoms with Crippen molar-refractivity contribution in [3.63, 3.8) is 0 Å².